The maximum absolute atomic E-state index is 4.88. The zero-order valence-corrected chi connectivity index (χ0v) is 27.2. The van der Waals surface area contributed by atoms with Gasteiger partial charge in [0.1, 0.15) is 0 Å². The predicted molar refractivity (Wildman–Crippen MR) is 183 cm³/mol. The molecular weight excluding hydrogens is 538 g/mol. The molecule has 0 aliphatic carbocycles. The third kappa shape index (κ3) is 4.92. The van der Waals surface area contributed by atoms with Crippen LogP contribution in [-0.4, -0.2) is 19.9 Å². The topological polar surface area (TPSA) is 54.8 Å². The van der Waals surface area contributed by atoms with Crippen molar-refractivity contribution < 1.29 is 0 Å². The summed E-state index contributed by atoms with van der Waals surface area (Å²) < 4.78 is 0. The Balaban J connectivity index is 1.56. The minimum Gasteiger partial charge on any atom is -0.309 e. The Kier molecular flexibility index (Phi) is 7.50. The van der Waals surface area contributed by atoms with Gasteiger partial charge in [-0.1, -0.05) is 48.0 Å². The molecule has 6 rings (SSSR count). The van der Waals surface area contributed by atoms with E-state index in [1.165, 1.54) is 72.6 Å². The van der Waals surface area contributed by atoms with Crippen molar-refractivity contribution in [1.82, 2.24) is 19.9 Å². The quantitative estimate of drug-likeness (QED) is 0.204. The van der Waals surface area contributed by atoms with Gasteiger partial charge in [-0.3, -0.25) is 0 Å². The fourth-order valence-electron chi connectivity index (χ4n) is 6.83. The van der Waals surface area contributed by atoms with Crippen LogP contribution in [0.2, 0.25) is 0 Å². The first-order valence-electron chi connectivity index (χ1n) is 15.2. The van der Waals surface area contributed by atoms with Gasteiger partial charge in [0, 0.05) is 23.6 Å². The van der Waals surface area contributed by atoms with Gasteiger partial charge >= 0.3 is 0 Å². The summed E-state index contributed by atoms with van der Waals surface area (Å²) in [5, 5.41) is 0. The van der Waals surface area contributed by atoms with Crippen LogP contribution < -0.4 is 4.90 Å². The molecule has 0 aliphatic heterocycles. The zero-order valence-electron chi connectivity index (χ0n) is 27.2. The van der Waals surface area contributed by atoms with Crippen LogP contribution in [0.5, 0.6) is 0 Å². The molecule has 220 valence electrons. The normalized spacial score (nSPS) is 11.3. The molecule has 2 heterocycles. The number of fused-ring (bicyclic) bond motifs is 1. The molecule has 0 bridgehead atoms. The van der Waals surface area contributed by atoms with Crippen molar-refractivity contribution in [2.75, 3.05) is 4.90 Å². The summed E-state index contributed by atoms with van der Waals surface area (Å²) in [4.78, 5) is 20.6. The van der Waals surface area contributed by atoms with E-state index in [0.717, 1.165) is 16.9 Å². The van der Waals surface area contributed by atoms with E-state index in [9.17, 15) is 0 Å². The third-order valence-corrected chi connectivity index (χ3v) is 9.02. The van der Waals surface area contributed by atoms with E-state index in [0.29, 0.717) is 11.3 Å². The van der Waals surface area contributed by atoms with Crippen LogP contribution in [0.4, 0.5) is 17.1 Å². The van der Waals surface area contributed by atoms with Crippen LogP contribution in [0.15, 0.2) is 73.2 Å². The van der Waals surface area contributed by atoms with Crippen molar-refractivity contribution >= 4 is 28.4 Å². The van der Waals surface area contributed by atoms with E-state index in [-0.39, 0.29) is 0 Å². The molecule has 0 atom stereocenters. The molecule has 0 N–H and O–H groups in total. The maximum atomic E-state index is 4.88. The molecule has 0 spiro atoms. The summed E-state index contributed by atoms with van der Waals surface area (Å²) in [5.41, 5.74) is 20.3. The summed E-state index contributed by atoms with van der Waals surface area (Å²) in [6.07, 6.45) is 5.13. The van der Waals surface area contributed by atoms with Gasteiger partial charge in [0.2, 0.25) is 0 Å². The molecule has 0 radical (unpaired) electrons. The lowest BCUT2D eigenvalue weighted by atomic mass is 9.89. The Morgan fingerprint density at radius 1 is 0.523 bits per heavy atom. The van der Waals surface area contributed by atoms with Gasteiger partial charge in [-0.2, -0.15) is 0 Å². The minimum atomic E-state index is 0.553. The lowest BCUT2D eigenvalue weighted by Crippen LogP contribution is -2.17. The molecule has 4 aromatic carbocycles. The number of hydrogen-bond acceptors (Lipinski definition) is 5. The largest absolute Gasteiger partial charge is 0.309 e. The lowest BCUT2D eigenvalue weighted by molar-refractivity contribution is 1.13. The zero-order chi connectivity index (χ0) is 31.3. The first-order valence-corrected chi connectivity index (χ1v) is 15.2. The fraction of sp³-hybridized carbons (Fsp3) is 0.231. The number of aryl methyl sites for hydroxylation is 5. The number of nitrogens with zero attached hydrogens (tertiary/aromatic N) is 5. The summed E-state index contributed by atoms with van der Waals surface area (Å²) in [5.74, 6) is 0. The predicted octanol–water partition coefficient (Wildman–Crippen LogP) is 10.00. The van der Waals surface area contributed by atoms with Crippen molar-refractivity contribution in [2.24, 2.45) is 0 Å². The summed E-state index contributed by atoms with van der Waals surface area (Å²) >= 11 is 0. The highest BCUT2D eigenvalue weighted by Crippen LogP contribution is 2.46. The average molecular weight is 578 g/mol. The van der Waals surface area contributed by atoms with Crippen molar-refractivity contribution in [3.05, 3.63) is 123 Å². The molecule has 5 nitrogen and oxygen atoms in total. The highest BCUT2D eigenvalue weighted by atomic mass is 15.2. The molecule has 0 saturated heterocycles. The van der Waals surface area contributed by atoms with Crippen LogP contribution in [0.1, 0.15) is 50.1 Å². The van der Waals surface area contributed by atoms with Crippen molar-refractivity contribution in [1.29, 1.82) is 0 Å². The SMILES string of the molecule is Cc1cc(C)c(-c2ccc(N(c3c(C)cccc3C)c3c(C)c(C)c(-c4cnc5nccnc5n4)c(C)c3C)cc2)c(C)c1. The van der Waals surface area contributed by atoms with Crippen LogP contribution in [0.3, 0.4) is 0 Å². The summed E-state index contributed by atoms with van der Waals surface area (Å²) in [7, 11) is 0. The number of hydrogen-bond donors (Lipinski definition) is 0. The Bertz CT molecular complexity index is 1990. The van der Waals surface area contributed by atoms with E-state index in [2.05, 4.69) is 137 Å². The minimum absolute atomic E-state index is 0.553. The smallest absolute Gasteiger partial charge is 0.198 e. The molecule has 44 heavy (non-hydrogen) atoms. The van der Waals surface area contributed by atoms with Gasteiger partial charge in [-0.05, 0) is 130 Å². The first kappa shape index (κ1) is 29.2. The number of anilines is 3. The number of aromatic nitrogens is 4. The number of para-hydroxylation sites is 1. The Morgan fingerprint density at radius 3 is 1.68 bits per heavy atom. The van der Waals surface area contributed by atoms with Gasteiger partial charge in [0.05, 0.1) is 23.3 Å². The molecule has 6 aromatic rings. The maximum Gasteiger partial charge on any atom is 0.198 e. The highest BCUT2D eigenvalue weighted by Gasteiger charge is 2.25. The van der Waals surface area contributed by atoms with Crippen molar-refractivity contribution in [2.45, 2.75) is 62.3 Å². The van der Waals surface area contributed by atoms with E-state index in [1.807, 2.05) is 6.20 Å². The molecule has 0 amide bonds. The molecule has 5 heteroatoms. The van der Waals surface area contributed by atoms with E-state index in [4.69, 9.17) is 4.98 Å². The molecule has 0 saturated carbocycles. The van der Waals surface area contributed by atoms with Gasteiger partial charge in [0.15, 0.2) is 11.3 Å². The van der Waals surface area contributed by atoms with E-state index in [1.54, 1.807) is 12.4 Å². The second-order valence-corrected chi connectivity index (χ2v) is 12.1. The summed E-state index contributed by atoms with van der Waals surface area (Å²) in [6, 6.07) is 20.2. The monoisotopic (exact) mass is 577 g/mol. The number of rotatable bonds is 5. The molecule has 2 aromatic heterocycles. The average Bonchev–Trinajstić information content (AvgIpc) is 2.99. The van der Waals surface area contributed by atoms with Crippen molar-refractivity contribution in [3.63, 3.8) is 0 Å². The Hall–Kier alpha value is -4.90. The lowest BCUT2D eigenvalue weighted by Gasteiger charge is -2.33. The summed E-state index contributed by atoms with van der Waals surface area (Å²) in [6.45, 7) is 19.8. The standard InChI is InChI=1S/C39H39N5/c1-22-19-25(4)34(26(5)20-22)31-13-15-32(16-14-31)44(36-23(2)11-10-12-24(36)3)37-29(8)27(6)35(28(7)30(37)9)33-21-42-38-39(43-33)41-18-17-40-38/h10-21H,1-9H3. The highest BCUT2D eigenvalue weighted by molar-refractivity contribution is 5.89. The van der Waals surface area contributed by atoms with Gasteiger partial charge < -0.3 is 4.90 Å². The fourth-order valence-corrected chi connectivity index (χ4v) is 6.83. The first-order chi connectivity index (χ1) is 21.1. The van der Waals surface area contributed by atoms with Crippen LogP contribution in [-0.2, 0) is 0 Å². The Labute approximate surface area is 260 Å². The molecular formula is C39H39N5. The van der Waals surface area contributed by atoms with Gasteiger partial charge in [-0.15, -0.1) is 0 Å². The Morgan fingerprint density at radius 2 is 1.09 bits per heavy atom. The third-order valence-electron chi connectivity index (χ3n) is 9.02. The van der Waals surface area contributed by atoms with Gasteiger partial charge in [0.25, 0.3) is 0 Å². The van der Waals surface area contributed by atoms with Crippen LogP contribution in [0, 0.1) is 62.3 Å². The van der Waals surface area contributed by atoms with E-state index < -0.39 is 0 Å². The molecule has 0 unspecified atom stereocenters. The second kappa shape index (κ2) is 11.3. The second-order valence-electron chi connectivity index (χ2n) is 12.1. The van der Waals surface area contributed by atoms with Crippen LogP contribution >= 0.6 is 0 Å². The molecule has 0 aliphatic rings. The number of benzene rings is 4. The van der Waals surface area contributed by atoms with E-state index >= 15 is 0 Å². The van der Waals surface area contributed by atoms with Gasteiger partial charge in [-0.25, -0.2) is 19.9 Å². The molecule has 0 fully saturated rings. The van der Waals surface area contributed by atoms with Crippen molar-refractivity contribution in [3.8, 4) is 22.4 Å². The van der Waals surface area contributed by atoms with Crippen LogP contribution in [0.25, 0.3) is 33.7 Å².